The number of aromatic nitrogens is 2. The Balaban J connectivity index is 2.32. The highest BCUT2D eigenvalue weighted by Gasteiger charge is 2.41. The molecule has 1 fully saturated rings. The molecular weight excluding hydrogens is 282 g/mol. The maximum absolute atomic E-state index is 12.8. The summed E-state index contributed by atoms with van der Waals surface area (Å²) in [4.78, 5) is 0. The summed E-state index contributed by atoms with van der Waals surface area (Å²) in [7, 11) is -0.410. The van der Waals surface area contributed by atoms with Crippen molar-refractivity contribution >= 4 is 10.0 Å². The fraction of sp³-hybridized carbons (Fsp3) is 0.750. The first-order valence-electron chi connectivity index (χ1n) is 6.60. The Morgan fingerprint density at radius 2 is 2.20 bits per heavy atom. The lowest BCUT2D eigenvalue weighted by Gasteiger charge is -2.23. The summed E-state index contributed by atoms with van der Waals surface area (Å²) >= 11 is 0. The Kier molecular flexibility index (Phi) is 4.79. The number of methoxy groups -OCH3 is 2. The summed E-state index contributed by atoms with van der Waals surface area (Å²) in [6.45, 7) is 3.08. The molecular formula is C12H21N3O4S. The summed E-state index contributed by atoms with van der Waals surface area (Å²) in [5.41, 5.74) is 0. The second-order valence-corrected chi connectivity index (χ2v) is 6.60. The third kappa shape index (κ3) is 2.73. The lowest BCUT2D eigenvalue weighted by atomic mass is 10.2. The van der Waals surface area contributed by atoms with Crippen molar-refractivity contribution in [3.8, 4) is 0 Å². The first-order chi connectivity index (χ1) is 9.54. The largest absolute Gasteiger partial charge is 0.383 e. The second kappa shape index (κ2) is 6.21. The van der Waals surface area contributed by atoms with E-state index in [2.05, 4.69) is 5.10 Å². The third-order valence-corrected chi connectivity index (χ3v) is 5.51. The molecule has 0 radical (unpaired) electrons. The van der Waals surface area contributed by atoms with Crippen LogP contribution in [0.15, 0.2) is 17.3 Å². The molecule has 1 aromatic rings. The van der Waals surface area contributed by atoms with Crippen LogP contribution < -0.4 is 0 Å². The number of hydrogen-bond acceptors (Lipinski definition) is 5. The maximum Gasteiger partial charge on any atom is 0.260 e. The molecule has 1 saturated heterocycles. The van der Waals surface area contributed by atoms with E-state index >= 15 is 0 Å². The standard InChI is InChI=1S/C12H21N3O4S/c1-4-14-12(5-6-13-14)20(16,17)15-8-11(19-3)7-10(15)9-18-2/h5-6,10-11H,4,7-9H2,1-3H3/t10-,11+/m0/s1. The monoisotopic (exact) mass is 303 g/mol. The zero-order valence-electron chi connectivity index (χ0n) is 12.0. The Bertz CT molecular complexity index is 543. The predicted molar refractivity (Wildman–Crippen MR) is 72.9 cm³/mol. The molecule has 0 spiro atoms. The summed E-state index contributed by atoms with van der Waals surface area (Å²) < 4.78 is 38.9. The minimum atomic E-state index is -3.58. The van der Waals surface area contributed by atoms with Crippen LogP contribution in [0, 0.1) is 0 Å². The quantitative estimate of drug-likeness (QED) is 0.757. The molecule has 7 nitrogen and oxygen atoms in total. The van der Waals surface area contributed by atoms with Gasteiger partial charge in [-0.25, -0.2) is 8.42 Å². The lowest BCUT2D eigenvalue weighted by Crippen LogP contribution is -2.39. The molecule has 2 atom stereocenters. The molecule has 114 valence electrons. The summed E-state index contributed by atoms with van der Waals surface area (Å²) in [5, 5.41) is 4.25. The SMILES string of the molecule is CCn1nccc1S(=O)(=O)N1C[C@H](OC)C[C@H]1COC. The normalized spacial score (nSPS) is 24.4. The van der Waals surface area contributed by atoms with Gasteiger partial charge >= 0.3 is 0 Å². The van der Waals surface area contributed by atoms with Gasteiger partial charge in [0.25, 0.3) is 10.0 Å². The minimum absolute atomic E-state index is 0.0945. The third-order valence-electron chi connectivity index (χ3n) is 3.57. The van der Waals surface area contributed by atoms with E-state index in [1.54, 1.807) is 14.2 Å². The van der Waals surface area contributed by atoms with E-state index in [1.807, 2.05) is 6.92 Å². The first kappa shape index (κ1) is 15.4. The van der Waals surface area contributed by atoms with Crippen LogP contribution in [0.3, 0.4) is 0 Å². The number of hydrogen-bond donors (Lipinski definition) is 0. The van der Waals surface area contributed by atoms with Gasteiger partial charge in [0.1, 0.15) is 0 Å². The molecule has 2 heterocycles. The van der Waals surface area contributed by atoms with E-state index in [9.17, 15) is 8.42 Å². The van der Waals surface area contributed by atoms with Crippen molar-refractivity contribution in [3.05, 3.63) is 12.3 Å². The van der Waals surface area contributed by atoms with E-state index in [0.717, 1.165) is 0 Å². The van der Waals surface area contributed by atoms with Crippen molar-refractivity contribution in [3.63, 3.8) is 0 Å². The van der Waals surface area contributed by atoms with E-state index in [-0.39, 0.29) is 17.2 Å². The van der Waals surface area contributed by atoms with Crippen LogP contribution >= 0.6 is 0 Å². The molecule has 0 aliphatic carbocycles. The molecule has 0 aromatic carbocycles. The topological polar surface area (TPSA) is 73.7 Å². The smallest absolute Gasteiger partial charge is 0.260 e. The van der Waals surface area contributed by atoms with E-state index < -0.39 is 10.0 Å². The van der Waals surface area contributed by atoms with Crippen molar-refractivity contribution in [2.75, 3.05) is 27.4 Å². The molecule has 1 aliphatic heterocycles. The van der Waals surface area contributed by atoms with Gasteiger partial charge in [-0.15, -0.1) is 0 Å². The molecule has 0 amide bonds. The summed E-state index contributed by atoms with van der Waals surface area (Å²) in [6.07, 6.45) is 2.05. The van der Waals surface area contributed by atoms with Crippen molar-refractivity contribution < 1.29 is 17.9 Å². The minimum Gasteiger partial charge on any atom is -0.383 e. The zero-order valence-corrected chi connectivity index (χ0v) is 12.8. The fourth-order valence-corrected chi connectivity index (χ4v) is 4.37. The van der Waals surface area contributed by atoms with Gasteiger partial charge in [-0.05, 0) is 19.4 Å². The molecule has 1 aromatic heterocycles. The van der Waals surface area contributed by atoms with Gasteiger partial charge < -0.3 is 9.47 Å². The van der Waals surface area contributed by atoms with Gasteiger partial charge in [-0.3, -0.25) is 4.68 Å². The van der Waals surface area contributed by atoms with Crippen molar-refractivity contribution in [1.29, 1.82) is 0 Å². The van der Waals surface area contributed by atoms with Crippen LogP contribution in [0.2, 0.25) is 0 Å². The van der Waals surface area contributed by atoms with Crippen molar-refractivity contribution in [2.45, 2.75) is 37.1 Å². The first-order valence-corrected chi connectivity index (χ1v) is 8.04. The van der Waals surface area contributed by atoms with Gasteiger partial charge in [-0.1, -0.05) is 0 Å². The molecule has 0 saturated carbocycles. The highest BCUT2D eigenvalue weighted by molar-refractivity contribution is 7.89. The zero-order chi connectivity index (χ0) is 14.8. The highest BCUT2D eigenvalue weighted by Crippen LogP contribution is 2.27. The number of ether oxygens (including phenoxy) is 2. The number of aryl methyl sites for hydroxylation is 1. The fourth-order valence-electron chi connectivity index (χ4n) is 2.55. The van der Waals surface area contributed by atoms with Gasteiger partial charge in [-0.2, -0.15) is 9.40 Å². The Morgan fingerprint density at radius 1 is 1.45 bits per heavy atom. The van der Waals surface area contributed by atoms with Gasteiger partial charge in [0.05, 0.1) is 24.9 Å². The molecule has 1 aliphatic rings. The second-order valence-electron chi connectivity index (χ2n) is 4.76. The maximum atomic E-state index is 12.8. The van der Waals surface area contributed by atoms with E-state index in [4.69, 9.17) is 9.47 Å². The molecule has 0 bridgehead atoms. The highest BCUT2D eigenvalue weighted by atomic mass is 32.2. The van der Waals surface area contributed by atoms with E-state index in [0.29, 0.717) is 26.1 Å². The number of nitrogens with zero attached hydrogens (tertiary/aromatic N) is 3. The van der Waals surface area contributed by atoms with Crippen molar-refractivity contribution in [2.24, 2.45) is 0 Å². The average molecular weight is 303 g/mol. The van der Waals surface area contributed by atoms with Crippen LogP contribution in [-0.2, 0) is 26.0 Å². The molecule has 20 heavy (non-hydrogen) atoms. The number of sulfonamides is 1. The van der Waals surface area contributed by atoms with Crippen molar-refractivity contribution in [1.82, 2.24) is 14.1 Å². The van der Waals surface area contributed by atoms with Gasteiger partial charge in [0, 0.05) is 27.3 Å². The molecule has 0 N–H and O–H groups in total. The van der Waals surface area contributed by atoms with Crippen LogP contribution in [0.1, 0.15) is 13.3 Å². The Morgan fingerprint density at radius 3 is 2.80 bits per heavy atom. The summed E-state index contributed by atoms with van der Waals surface area (Å²) in [5.74, 6) is 0. The lowest BCUT2D eigenvalue weighted by molar-refractivity contribution is 0.110. The Labute approximate surface area is 119 Å². The van der Waals surface area contributed by atoms with Crippen LogP contribution in [0.5, 0.6) is 0 Å². The van der Waals surface area contributed by atoms with Gasteiger partial charge in [0.15, 0.2) is 5.03 Å². The van der Waals surface area contributed by atoms with Crippen LogP contribution in [-0.4, -0.2) is 62.0 Å². The molecule has 0 unspecified atom stereocenters. The molecule has 8 heteroatoms. The predicted octanol–water partition coefficient (Wildman–Crippen LogP) is 0.327. The molecule has 2 rings (SSSR count). The summed E-state index contributed by atoms with van der Waals surface area (Å²) in [6, 6.07) is 1.33. The number of rotatable bonds is 6. The van der Waals surface area contributed by atoms with Crippen LogP contribution in [0.4, 0.5) is 0 Å². The average Bonchev–Trinajstić information content (AvgIpc) is 3.05. The Hall–Kier alpha value is -0.960. The van der Waals surface area contributed by atoms with E-state index in [1.165, 1.54) is 21.3 Å². The van der Waals surface area contributed by atoms with Crippen LogP contribution in [0.25, 0.3) is 0 Å². The van der Waals surface area contributed by atoms with Gasteiger partial charge in [0.2, 0.25) is 0 Å².